The summed E-state index contributed by atoms with van der Waals surface area (Å²) in [6.07, 6.45) is 9.45. The normalized spacial score (nSPS) is 19.2. The molecule has 158 valence electrons. The minimum absolute atomic E-state index is 0. The van der Waals surface area contributed by atoms with Gasteiger partial charge in [0.15, 0.2) is 5.96 Å². The molecule has 0 saturated carbocycles. The van der Waals surface area contributed by atoms with E-state index in [1.807, 2.05) is 13.2 Å². The molecule has 2 fully saturated rings. The summed E-state index contributed by atoms with van der Waals surface area (Å²) in [5.74, 6) is 2.01. The Morgan fingerprint density at radius 3 is 2.61 bits per heavy atom. The van der Waals surface area contributed by atoms with Crippen molar-refractivity contribution in [3.63, 3.8) is 0 Å². The first-order chi connectivity index (χ1) is 13.3. The molecule has 0 radical (unpaired) electrons. The molecule has 0 unspecified atom stereocenters. The average molecular weight is 500 g/mol. The van der Waals surface area contributed by atoms with E-state index < -0.39 is 0 Å². The maximum Gasteiger partial charge on any atom is 0.191 e. The van der Waals surface area contributed by atoms with Crippen molar-refractivity contribution in [3.05, 3.63) is 23.9 Å². The lowest BCUT2D eigenvalue weighted by molar-refractivity contribution is 0.206. The molecule has 0 atom stereocenters. The Balaban J connectivity index is 0.00000280. The highest BCUT2D eigenvalue weighted by atomic mass is 127. The molecule has 2 saturated heterocycles. The Hall–Kier alpha value is -1.09. The number of piperidine rings is 2. The van der Waals surface area contributed by atoms with Crippen molar-refractivity contribution in [2.75, 3.05) is 44.7 Å². The van der Waals surface area contributed by atoms with Gasteiger partial charge in [0.05, 0.1) is 0 Å². The first-order valence-corrected chi connectivity index (χ1v) is 10.7. The van der Waals surface area contributed by atoms with Crippen LogP contribution < -0.4 is 15.5 Å². The van der Waals surface area contributed by atoms with Gasteiger partial charge in [0.1, 0.15) is 5.82 Å². The summed E-state index contributed by atoms with van der Waals surface area (Å²) in [6.45, 7) is 8.89. The summed E-state index contributed by atoms with van der Waals surface area (Å²) in [5.41, 5.74) is 1.26. The molecule has 28 heavy (non-hydrogen) atoms. The zero-order valence-corrected chi connectivity index (χ0v) is 19.8. The van der Waals surface area contributed by atoms with E-state index in [1.165, 1.54) is 63.7 Å². The molecular weight excluding hydrogens is 463 g/mol. The molecule has 0 aliphatic carbocycles. The van der Waals surface area contributed by atoms with Gasteiger partial charge in [0, 0.05) is 52.0 Å². The lowest BCUT2D eigenvalue weighted by Crippen LogP contribution is -2.48. The molecule has 0 bridgehead atoms. The van der Waals surface area contributed by atoms with Gasteiger partial charge in [-0.3, -0.25) is 4.99 Å². The summed E-state index contributed by atoms with van der Waals surface area (Å²) in [6, 6.07) is 4.83. The fourth-order valence-corrected chi connectivity index (χ4v) is 4.06. The van der Waals surface area contributed by atoms with Crippen molar-refractivity contribution < 1.29 is 0 Å². The Morgan fingerprint density at radius 2 is 1.93 bits per heavy atom. The van der Waals surface area contributed by atoms with Gasteiger partial charge in [0.2, 0.25) is 0 Å². The summed E-state index contributed by atoms with van der Waals surface area (Å²) in [4.78, 5) is 14.0. The molecule has 2 aliphatic heterocycles. The topological polar surface area (TPSA) is 55.8 Å². The van der Waals surface area contributed by atoms with Crippen molar-refractivity contribution in [2.24, 2.45) is 4.99 Å². The number of guanidine groups is 1. The second-order valence-corrected chi connectivity index (χ2v) is 7.76. The van der Waals surface area contributed by atoms with Crippen LogP contribution in [0.5, 0.6) is 0 Å². The number of hydrogen-bond donors (Lipinski definition) is 2. The van der Waals surface area contributed by atoms with Crippen LogP contribution in [0.15, 0.2) is 23.3 Å². The van der Waals surface area contributed by atoms with E-state index in [1.54, 1.807) is 0 Å². The van der Waals surface area contributed by atoms with Crippen LogP contribution in [0.3, 0.4) is 0 Å². The first kappa shape index (κ1) is 23.2. The monoisotopic (exact) mass is 500 g/mol. The molecule has 2 aliphatic rings. The van der Waals surface area contributed by atoms with Crippen LogP contribution >= 0.6 is 24.0 Å². The molecule has 2 N–H and O–H groups in total. The van der Waals surface area contributed by atoms with Gasteiger partial charge in [-0.05, 0) is 62.8 Å². The van der Waals surface area contributed by atoms with Crippen LogP contribution in [0.4, 0.5) is 5.82 Å². The van der Waals surface area contributed by atoms with E-state index in [0.717, 1.165) is 31.4 Å². The molecule has 1 aromatic rings. The number of pyridine rings is 1. The quantitative estimate of drug-likeness (QED) is 0.357. The number of aromatic nitrogens is 1. The van der Waals surface area contributed by atoms with E-state index in [9.17, 15) is 0 Å². The molecule has 3 rings (SSSR count). The minimum Gasteiger partial charge on any atom is -0.357 e. The molecule has 3 heterocycles. The standard InChI is InChI=1S/C21H36N6.HI/c1-3-11-26-14-8-19(9-15-26)25-21(22-2)24-17-18-7-10-23-20(16-18)27-12-5-4-6-13-27;/h7,10,16,19H,3-6,8-9,11-15,17H2,1-2H3,(H2,22,24,25);1H. The molecule has 1 aromatic heterocycles. The Bertz CT molecular complexity index is 594. The number of halogens is 1. The zero-order chi connectivity index (χ0) is 18.9. The van der Waals surface area contributed by atoms with Crippen LogP contribution in [0.1, 0.15) is 51.0 Å². The Kier molecular flexibility index (Phi) is 10.3. The van der Waals surface area contributed by atoms with Gasteiger partial charge < -0.3 is 20.4 Å². The van der Waals surface area contributed by atoms with Gasteiger partial charge in [-0.2, -0.15) is 0 Å². The summed E-state index contributed by atoms with van der Waals surface area (Å²) < 4.78 is 0. The van der Waals surface area contributed by atoms with Crippen molar-refractivity contribution in [2.45, 2.75) is 58.0 Å². The van der Waals surface area contributed by atoms with Gasteiger partial charge in [0.25, 0.3) is 0 Å². The second-order valence-electron chi connectivity index (χ2n) is 7.76. The third-order valence-corrected chi connectivity index (χ3v) is 5.64. The smallest absolute Gasteiger partial charge is 0.191 e. The maximum atomic E-state index is 4.57. The summed E-state index contributed by atoms with van der Waals surface area (Å²) in [7, 11) is 1.85. The van der Waals surface area contributed by atoms with Crippen LogP contribution in [0.25, 0.3) is 0 Å². The number of nitrogens with one attached hydrogen (secondary N) is 2. The van der Waals surface area contributed by atoms with E-state index in [2.05, 4.69) is 49.5 Å². The second kappa shape index (κ2) is 12.5. The maximum absolute atomic E-state index is 4.57. The van der Waals surface area contributed by atoms with Crippen molar-refractivity contribution in [3.8, 4) is 0 Å². The molecule has 0 spiro atoms. The number of likely N-dealkylation sites (tertiary alicyclic amines) is 1. The van der Waals surface area contributed by atoms with Gasteiger partial charge in [-0.15, -0.1) is 24.0 Å². The molecule has 7 heteroatoms. The predicted octanol–water partition coefficient (Wildman–Crippen LogP) is 3.23. The molecular formula is C21H37IN6. The van der Waals surface area contributed by atoms with E-state index in [-0.39, 0.29) is 24.0 Å². The molecule has 6 nitrogen and oxygen atoms in total. The lowest BCUT2D eigenvalue weighted by Gasteiger charge is -2.32. The number of aliphatic imine (C=N–C) groups is 1. The third kappa shape index (κ3) is 7.06. The average Bonchev–Trinajstić information content (AvgIpc) is 2.73. The highest BCUT2D eigenvalue weighted by Gasteiger charge is 2.19. The van der Waals surface area contributed by atoms with Crippen molar-refractivity contribution >= 4 is 35.8 Å². The van der Waals surface area contributed by atoms with Crippen molar-refractivity contribution in [1.82, 2.24) is 20.5 Å². The number of anilines is 1. The SMILES string of the molecule is CCCN1CCC(NC(=NC)NCc2ccnc(N3CCCCC3)c2)CC1.I. The fourth-order valence-electron chi connectivity index (χ4n) is 4.06. The lowest BCUT2D eigenvalue weighted by atomic mass is 10.1. The largest absolute Gasteiger partial charge is 0.357 e. The number of rotatable bonds is 6. The van der Waals surface area contributed by atoms with E-state index >= 15 is 0 Å². The molecule has 0 aromatic carbocycles. The Labute approximate surface area is 187 Å². The van der Waals surface area contributed by atoms with Gasteiger partial charge >= 0.3 is 0 Å². The summed E-state index contributed by atoms with van der Waals surface area (Å²) >= 11 is 0. The first-order valence-electron chi connectivity index (χ1n) is 10.7. The van der Waals surface area contributed by atoms with Crippen molar-refractivity contribution in [1.29, 1.82) is 0 Å². The van der Waals surface area contributed by atoms with Gasteiger partial charge in [-0.1, -0.05) is 6.92 Å². The van der Waals surface area contributed by atoms with Crippen LogP contribution in [0.2, 0.25) is 0 Å². The van der Waals surface area contributed by atoms with Crippen LogP contribution in [0, 0.1) is 0 Å². The van der Waals surface area contributed by atoms with Crippen LogP contribution in [-0.2, 0) is 6.54 Å². The Morgan fingerprint density at radius 1 is 1.18 bits per heavy atom. The van der Waals surface area contributed by atoms with E-state index in [4.69, 9.17) is 0 Å². The third-order valence-electron chi connectivity index (χ3n) is 5.64. The zero-order valence-electron chi connectivity index (χ0n) is 17.5. The number of hydrogen-bond acceptors (Lipinski definition) is 4. The predicted molar refractivity (Wildman–Crippen MR) is 129 cm³/mol. The summed E-state index contributed by atoms with van der Waals surface area (Å²) in [5, 5.41) is 7.08. The highest BCUT2D eigenvalue weighted by Crippen LogP contribution is 2.18. The van der Waals surface area contributed by atoms with E-state index in [0.29, 0.717) is 6.04 Å². The number of nitrogens with zero attached hydrogens (tertiary/aromatic N) is 4. The fraction of sp³-hybridized carbons (Fsp3) is 0.714. The minimum atomic E-state index is 0. The molecule has 0 amide bonds. The van der Waals surface area contributed by atoms with Crippen LogP contribution in [-0.4, -0.2) is 61.7 Å². The highest BCUT2D eigenvalue weighted by molar-refractivity contribution is 14.0. The van der Waals surface area contributed by atoms with Gasteiger partial charge in [-0.25, -0.2) is 4.98 Å².